The highest BCUT2D eigenvalue weighted by Gasteiger charge is 2.43. The lowest BCUT2D eigenvalue weighted by Crippen LogP contribution is -2.49. The Morgan fingerprint density at radius 3 is 2.73 bits per heavy atom. The lowest BCUT2D eigenvalue weighted by Gasteiger charge is -2.41. The van der Waals surface area contributed by atoms with Gasteiger partial charge in [0.15, 0.2) is 0 Å². The molecule has 4 heteroatoms. The van der Waals surface area contributed by atoms with E-state index in [1.165, 1.54) is 0 Å². The van der Waals surface area contributed by atoms with Crippen LogP contribution in [0, 0.1) is 0 Å². The van der Waals surface area contributed by atoms with Gasteiger partial charge < -0.3 is 14.6 Å². The van der Waals surface area contributed by atoms with Crippen molar-refractivity contribution >= 4 is 6.16 Å². The standard InChI is InChI=1S/C11H20O4/c1-3-11(15-10(12)13)8-6-5-7-9(11)14-4-2/h9H,3-8H2,1-2H3,(H,12,13). The maximum atomic E-state index is 10.7. The minimum Gasteiger partial charge on any atom is -0.450 e. The molecule has 1 saturated carbocycles. The number of hydrogen-bond donors (Lipinski definition) is 1. The van der Waals surface area contributed by atoms with Gasteiger partial charge in [0.1, 0.15) is 5.60 Å². The van der Waals surface area contributed by atoms with Gasteiger partial charge in [-0.1, -0.05) is 13.3 Å². The molecule has 0 heterocycles. The van der Waals surface area contributed by atoms with E-state index >= 15 is 0 Å². The zero-order chi connectivity index (χ0) is 11.3. The van der Waals surface area contributed by atoms with Crippen LogP contribution in [0.4, 0.5) is 4.79 Å². The van der Waals surface area contributed by atoms with Gasteiger partial charge in [-0.3, -0.25) is 0 Å². The van der Waals surface area contributed by atoms with Gasteiger partial charge in [-0.25, -0.2) is 4.79 Å². The molecule has 1 N–H and O–H groups in total. The van der Waals surface area contributed by atoms with E-state index in [0.29, 0.717) is 13.0 Å². The third-order valence-corrected chi connectivity index (χ3v) is 3.16. The van der Waals surface area contributed by atoms with Gasteiger partial charge in [-0.05, 0) is 32.6 Å². The summed E-state index contributed by atoms with van der Waals surface area (Å²) >= 11 is 0. The van der Waals surface area contributed by atoms with Gasteiger partial charge in [0.2, 0.25) is 0 Å². The molecule has 2 atom stereocenters. The highest BCUT2D eigenvalue weighted by atomic mass is 16.7. The molecule has 4 nitrogen and oxygen atoms in total. The number of rotatable bonds is 4. The molecule has 0 amide bonds. The minimum atomic E-state index is -1.19. The maximum absolute atomic E-state index is 10.7. The molecule has 0 saturated heterocycles. The third kappa shape index (κ3) is 2.84. The van der Waals surface area contributed by atoms with Crippen molar-refractivity contribution in [2.75, 3.05) is 6.61 Å². The summed E-state index contributed by atoms with van der Waals surface area (Å²) < 4.78 is 10.7. The lowest BCUT2D eigenvalue weighted by molar-refractivity contribution is -0.142. The van der Waals surface area contributed by atoms with E-state index in [2.05, 4.69) is 0 Å². The van der Waals surface area contributed by atoms with Gasteiger partial charge in [-0.2, -0.15) is 0 Å². The molecule has 0 aromatic carbocycles. The van der Waals surface area contributed by atoms with Gasteiger partial charge in [0, 0.05) is 6.61 Å². The summed E-state index contributed by atoms with van der Waals surface area (Å²) in [5.41, 5.74) is -0.611. The van der Waals surface area contributed by atoms with Crippen LogP contribution in [0.3, 0.4) is 0 Å². The first-order valence-electron chi connectivity index (χ1n) is 5.68. The first-order valence-corrected chi connectivity index (χ1v) is 5.68. The van der Waals surface area contributed by atoms with Crippen LogP contribution < -0.4 is 0 Å². The Kier molecular flexibility index (Phi) is 4.39. The Bertz CT molecular complexity index is 215. The van der Waals surface area contributed by atoms with Crippen LogP contribution in [0.15, 0.2) is 0 Å². The molecule has 0 aliphatic heterocycles. The van der Waals surface area contributed by atoms with E-state index in [9.17, 15) is 4.79 Å². The smallest absolute Gasteiger partial charge is 0.450 e. The van der Waals surface area contributed by atoms with Crippen molar-refractivity contribution in [1.29, 1.82) is 0 Å². The van der Waals surface area contributed by atoms with Crippen molar-refractivity contribution in [1.82, 2.24) is 0 Å². The van der Waals surface area contributed by atoms with Gasteiger partial charge in [-0.15, -0.1) is 0 Å². The number of carbonyl (C=O) groups is 1. The number of carboxylic acid groups (broad SMARTS) is 1. The van der Waals surface area contributed by atoms with E-state index in [0.717, 1.165) is 25.7 Å². The minimum absolute atomic E-state index is 0.0719. The van der Waals surface area contributed by atoms with E-state index in [-0.39, 0.29) is 6.10 Å². The highest BCUT2D eigenvalue weighted by molar-refractivity contribution is 5.57. The molecule has 88 valence electrons. The fourth-order valence-electron chi connectivity index (χ4n) is 2.38. The van der Waals surface area contributed by atoms with Gasteiger partial charge in [0.25, 0.3) is 0 Å². The molecule has 1 rings (SSSR count). The normalized spacial score (nSPS) is 31.2. The molecule has 0 spiro atoms. The monoisotopic (exact) mass is 216 g/mol. The summed E-state index contributed by atoms with van der Waals surface area (Å²) in [6.45, 7) is 4.49. The molecule has 0 radical (unpaired) electrons. The average molecular weight is 216 g/mol. The van der Waals surface area contributed by atoms with Crippen LogP contribution in [0.1, 0.15) is 46.0 Å². The first-order chi connectivity index (χ1) is 7.14. The average Bonchev–Trinajstić information content (AvgIpc) is 2.20. The van der Waals surface area contributed by atoms with Crippen LogP contribution in [0.5, 0.6) is 0 Å². The van der Waals surface area contributed by atoms with Crippen LogP contribution in [0.25, 0.3) is 0 Å². The SMILES string of the molecule is CCOC1CCCCC1(CC)OC(=O)O. The summed E-state index contributed by atoms with van der Waals surface area (Å²) in [4.78, 5) is 10.7. The summed E-state index contributed by atoms with van der Waals surface area (Å²) in [7, 11) is 0. The van der Waals surface area contributed by atoms with Gasteiger partial charge in [0.05, 0.1) is 6.10 Å². The summed E-state index contributed by atoms with van der Waals surface area (Å²) in [6.07, 6.45) is 3.21. The van der Waals surface area contributed by atoms with Crippen molar-refractivity contribution < 1.29 is 19.4 Å². The number of hydrogen-bond acceptors (Lipinski definition) is 3. The van der Waals surface area contributed by atoms with Crippen LogP contribution in [-0.4, -0.2) is 29.6 Å². The second-order valence-electron chi connectivity index (χ2n) is 3.98. The van der Waals surface area contributed by atoms with E-state index in [4.69, 9.17) is 14.6 Å². The van der Waals surface area contributed by atoms with Crippen LogP contribution in [-0.2, 0) is 9.47 Å². The van der Waals surface area contributed by atoms with Crippen molar-refractivity contribution in [2.24, 2.45) is 0 Å². The number of ether oxygens (including phenoxy) is 2. The second-order valence-corrected chi connectivity index (χ2v) is 3.98. The van der Waals surface area contributed by atoms with E-state index in [1.54, 1.807) is 0 Å². The zero-order valence-corrected chi connectivity index (χ0v) is 9.49. The highest BCUT2D eigenvalue weighted by Crippen LogP contribution is 2.36. The topological polar surface area (TPSA) is 55.8 Å². The van der Waals surface area contributed by atoms with Gasteiger partial charge >= 0.3 is 6.16 Å². The zero-order valence-electron chi connectivity index (χ0n) is 9.49. The van der Waals surface area contributed by atoms with Crippen molar-refractivity contribution in [3.63, 3.8) is 0 Å². The summed E-state index contributed by atoms with van der Waals surface area (Å²) in [5, 5.41) is 8.77. The Morgan fingerprint density at radius 2 is 2.20 bits per heavy atom. The summed E-state index contributed by atoms with van der Waals surface area (Å²) in [6, 6.07) is 0. The predicted molar refractivity (Wildman–Crippen MR) is 56.0 cm³/mol. The molecule has 0 aromatic heterocycles. The fourth-order valence-corrected chi connectivity index (χ4v) is 2.38. The molecule has 1 fully saturated rings. The fraction of sp³-hybridized carbons (Fsp3) is 0.909. The van der Waals surface area contributed by atoms with Crippen molar-refractivity contribution in [2.45, 2.75) is 57.7 Å². The molecular formula is C11H20O4. The molecular weight excluding hydrogens is 196 g/mol. The largest absolute Gasteiger partial charge is 0.506 e. The lowest BCUT2D eigenvalue weighted by atomic mass is 9.80. The molecule has 1 aliphatic rings. The molecule has 15 heavy (non-hydrogen) atoms. The first kappa shape index (κ1) is 12.3. The van der Waals surface area contributed by atoms with Crippen LogP contribution in [0.2, 0.25) is 0 Å². The Labute approximate surface area is 90.6 Å². The van der Waals surface area contributed by atoms with Crippen LogP contribution >= 0.6 is 0 Å². The Hall–Kier alpha value is -0.770. The second kappa shape index (κ2) is 5.35. The molecule has 1 aliphatic carbocycles. The van der Waals surface area contributed by atoms with Crippen molar-refractivity contribution in [3.8, 4) is 0 Å². The van der Waals surface area contributed by atoms with E-state index < -0.39 is 11.8 Å². The summed E-state index contributed by atoms with van der Waals surface area (Å²) in [5.74, 6) is 0. The molecule has 0 aromatic rings. The maximum Gasteiger partial charge on any atom is 0.506 e. The third-order valence-electron chi connectivity index (χ3n) is 3.16. The quantitative estimate of drug-likeness (QED) is 0.734. The molecule has 2 unspecified atom stereocenters. The predicted octanol–water partition coefficient (Wildman–Crippen LogP) is 2.81. The molecule has 0 bridgehead atoms. The van der Waals surface area contributed by atoms with E-state index in [1.807, 2.05) is 13.8 Å². The Balaban J connectivity index is 2.74. The Morgan fingerprint density at radius 1 is 1.47 bits per heavy atom. The van der Waals surface area contributed by atoms with Crippen molar-refractivity contribution in [3.05, 3.63) is 0 Å².